The molecule has 2 fully saturated rings. The van der Waals surface area contributed by atoms with Crippen molar-refractivity contribution in [2.24, 2.45) is 0 Å². The van der Waals surface area contributed by atoms with Gasteiger partial charge in [-0.2, -0.15) is 11.8 Å². The van der Waals surface area contributed by atoms with Gasteiger partial charge in [-0.05, 0) is 43.7 Å². The minimum absolute atomic E-state index is 0.000713. The van der Waals surface area contributed by atoms with Crippen LogP contribution in [0.5, 0.6) is 0 Å². The normalized spacial score (nSPS) is 17.0. The number of aromatic nitrogens is 1. The molecule has 0 radical (unpaired) electrons. The van der Waals surface area contributed by atoms with Crippen LogP contribution in [0.15, 0.2) is 42.6 Å². The maximum Gasteiger partial charge on any atom is 0.257 e. The number of anilines is 2. The first-order chi connectivity index (χ1) is 16.0. The van der Waals surface area contributed by atoms with E-state index in [1.165, 1.54) is 28.9 Å². The molecule has 172 valence electrons. The lowest BCUT2D eigenvalue weighted by atomic mass is 10.0. The maximum absolute atomic E-state index is 14.3. The van der Waals surface area contributed by atoms with Gasteiger partial charge in [0.25, 0.3) is 5.91 Å². The molecule has 1 amide bonds. The number of nitrogens with zero attached hydrogens (tertiary/aromatic N) is 4. The fraction of sp³-hybridized carbons (Fsp3) is 0.385. The number of hydrogen-bond acceptors (Lipinski definition) is 5. The molecule has 5 rings (SSSR count). The summed E-state index contributed by atoms with van der Waals surface area (Å²) in [6.45, 7) is 8.96. The van der Waals surface area contributed by atoms with Crippen LogP contribution in [0, 0.1) is 19.7 Å². The molecule has 3 aromatic rings. The molecule has 2 saturated heterocycles. The van der Waals surface area contributed by atoms with Crippen molar-refractivity contribution in [2.75, 3.05) is 60.6 Å². The van der Waals surface area contributed by atoms with Crippen molar-refractivity contribution in [1.82, 2.24) is 9.88 Å². The summed E-state index contributed by atoms with van der Waals surface area (Å²) in [5, 5.41) is 0.715. The molecule has 0 atom stereocenters. The molecular weight excluding hydrogens is 435 g/mol. The lowest BCUT2D eigenvalue weighted by molar-refractivity contribution is 0.0772. The van der Waals surface area contributed by atoms with Gasteiger partial charge >= 0.3 is 0 Å². The van der Waals surface area contributed by atoms with Gasteiger partial charge in [-0.1, -0.05) is 17.7 Å². The number of carbonyl (C=O) groups excluding carboxylic acids is 1. The SMILES string of the molecule is Cc1ccc(N2CCN(c3c(C(=O)N4CCSCC4)cnc4ccc(F)cc34)CC2)c(C)c1. The van der Waals surface area contributed by atoms with E-state index in [1.54, 1.807) is 12.3 Å². The lowest BCUT2D eigenvalue weighted by Crippen LogP contribution is -2.47. The average molecular weight is 465 g/mol. The molecule has 2 aromatic carbocycles. The molecule has 3 heterocycles. The molecule has 1 aromatic heterocycles. The predicted octanol–water partition coefficient (Wildman–Crippen LogP) is 4.51. The quantitative estimate of drug-likeness (QED) is 0.571. The van der Waals surface area contributed by atoms with E-state index in [0.29, 0.717) is 16.5 Å². The van der Waals surface area contributed by atoms with Crippen molar-refractivity contribution in [1.29, 1.82) is 0 Å². The number of benzene rings is 2. The summed E-state index contributed by atoms with van der Waals surface area (Å²) in [7, 11) is 0. The first-order valence-corrected chi connectivity index (χ1v) is 12.7. The molecule has 0 spiro atoms. The number of carbonyl (C=O) groups is 1. The Bertz CT molecular complexity index is 1190. The highest BCUT2D eigenvalue weighted by molar-refractivity contribution is 7.99. The number of pyridine rings is 1. The zero-order valence-electron chi connectivity index (χ0n) is 19.2. The van der Waals surface area contributed by atoms with E-state index in [1.807, 2.05) is 16.7 Å². The zero-order chi connectivity index (χ0) is 22.9. The average Bonchev–Trinajstić information content (AvgIpc) is 2.83. The molecule has 0 bridgehead atoms. The standard InChI is InChI=1S/C26H29FN4OS/c1-18-3-6-24(19(2)15-18)29-7-9-30(10-8-29)25-21-16-20(27)4-5-23(21)28-17-22(25)26(32)31-11-13-33-14-12-31/h3-6,15-17H,7-14H2,1-2H3. The van der Waals surface area contributed by atoms with Gasteiger partial charge < -0.3 is 14.7 Å². The van der Waals surface area contributed by atoms with E-state index in [-0.39, 0.29) is 11.7 Å². The Balaban J connectivity index is 1.48. The van der Waals surface area contributed by atoms with E-state index in [0.717, 1.165) is 56.5 Å². The van der Waals surface area contributed by atoms with Crippen LogP contribution in [0.25, 0.3) is 10.9 Å². The predicted molar refractivity (Wildman–Crippen MR) is 135 cm³/mol. The number of amides is 1. The first kappa shape index (κ1) is 22.0. The maximum atomic E-state index is 14.3. The molecule has 0 aliphatic carbocycles. The van der Waals surface area contributed by atoms with Crippen molar-refractivity contribution >= 4 is 39.9 Å². The lowest BCUT2D eigenvalue weighted by Gasteiger charge is -2.39. The van der Waals surface area contributed by atoms with Crippen molar-refractivity contribution in [3.05, 3.63) is 65.1 Å². The Morgan fingerprint density at radius 3 is 2.39 bits per heavy atom. The summed E-state index contributed by atoms with van der Waals surface area (Å²) < 4.78 is 14.3. The number of halogens is 1. The van der Waals surface area contributed by atoms with Crippen LogP contribution in [-0.4, -0.2) is 66.6 Å². The van der Waals surface area contributed by atoms with E-state index in [9.17, 15) is 9.18 Å². The van der Waals surface area contributed by atoms with Gasteiger partial charge in [0.05, 0.1) is 16.8 Å². The van der Waals surface area contributed by atoms with Gasteiger partial charge in [-0.3, -0.25) is 9.78 Å². The van der Waals surface area contributed by atoms with E-state index in [4.69, 9.17) is 0 Å². The molecule has 33 heavy (non-hydrogen) atoms. The summed E-state index contributed by atoms with van der Waals surface area (Å²) in [4.78, 5) is 24.6. The van der Waals surface area contributed by atoms with Crippen LogP contribution >= 0.6 is 11.8 Å². The Morgan fingerprint density at radius 1 is 0.939 bits per heavy atom. The zero-order valence-corrected chi connectivity index (χ0v) is 20.0. The molecule has 7 heteroatoms. The van der Waals surface area contributed by atoms with Crippen molar-refractivity contribution in [2.45, 2.75) is 13.8 Å². The topological polar surface area (TPSA) is 39.7 Å². The van der Waals surface area contributed by atoms with Gasteiger partial charge in [0.2, 0.25) is 0 Å². The van der Waals surface area contributed by atoms with Crippen molar-refractivity contribution in [3.63, 3.8) is 0 Å². The molecule has 2 aliphatic rings. The fourth-order valence-corrected chi connectivity index (χ4v) is 5.82. The summed E-state index contributed by atoms with van der Waals surface area (Å²) in [6.07, 6.45) is 1.69. The minimum Gasteiger partial charge on any atom is -0.368 e. The molecule has 0 saturated carbocycles. The van der Waals surface area contributed by atoms with Crippen LogP contribution in [0.1, 0.15) is 21.5 Å². The molecule has 5 nitrogen and oxygen atoms in total. The Kier molecular flexibility index (Phi) is 6.15. The van der Waals surface area contributed by atoms with Crippen LogP contribution in [0.2, 0.25) is 0 Å². The van der Waals surface area contributed by atoms with E-state index < -0.39 is 0 Å². The van der Waals surface area contributed by atoms with Crippen LogP contribution < -0.4 is 9.80 Å². The van der Waals surface area contributed by atoms with E-state index in [2.05, 4.69) is 46.8 Å². The Hall–Kier alpha value is -2.80. The smallest absolute Gasteiger partial charge is 0.257 e. The number of thioether (sulfide) groups is 1. The molecule has 0 unspecified atom stereocenters. The molecular formula is C26H29FN4OS. The summed E-state index contributed by atoms with van der Waals surface area (Å²) in [5.41, 5.74) is 5.92. The van der Waals surface area contributed by atoms with Gasteiger partial charge in [0.1, 0.15) is 5.82 Å². The van der Waals surface area contributed by atoms with Gasteiger partial charge in [0, 0.05) is 68.0 Å². The third-order valence-corrected chi connectivity index (χ3v) is 7.56. The van der Waals surface area contributed by atoms with Crippen molar-refractivity contribution < 1.29 is 9.18 Å². The van der Waals surface area contributed by atoms with Crippen molar-refractivity contribution in [3.8, 4) is 0 Å². The second kappa shape index (κ2) is 9.21. The highest BCUT2D eigenvalue weighted by Crippen LogP contribution is 2.33. The Morgan fingerprint density at radius 2 is 1.67 bits per heavy atom. The third kappa shape index (κ3) is 4.38. The molecule has 2 aliphatic heterocycles. The number of rotatable bonds is 3. The van der Waals surface area contributed by atoms with Gasteiger partial charge in [-0.15, -0.1) is 0 Å². The second-order valence-corrected chi connectivity index (χ2v) is 10.1. The van der Waals surface area contributed by atoms with E-state index >= 15 is 0 Å². The van der Waals surface area contributed by atoms with Crippen LogP contribution in [0.3, 0.4) is 0 Å². The highest BCUT2D eigenvalue weighted by Gasteiger charge is 2.28. The summed E-state index contributed by atoms with van der Waals surface area (Å²) in [5.74, 6) is 1.59. The number of hydrogen-bond donors (Lipinski definition) is 0. The molecule has 0 N–H and O–H groups in total. The number of piperazine rings is 1. The summed E-state index contributed by atoms with van der Waals surface area (Å²) in [6, 6.07) is 11.2. The van der Waals surface area contributed by atoms with Gasteiger partial charge in [-0.25, -0.2) is 4.39 Å². The van der Waals surface area contributed by atoms with Gasteiger partial charge in [0.15, 0.2) is 0 Å². The van der Waals surface area contributed by atoms with Crippen LogP contribution in [-0.2, 0) is 0 Å². The second-order valence-electron chi connectivity index (χ2n) is 8.85. The first-order valence-electron chi connectivity index (χ1n) is 11.5. The largest absolute Gasteiger partial charge is 0.368 e. The summed E-state index contributed by atoms with van der Waals surface area (Å²) >= 11 is 1.87. The fourth-order valence-electron chi connectivity index (χ4n) is 4.92. The Labute approximate surface area is 198 Å². The number of fused-ring (bicyclic) bond motifs is 1. The minimum atomic E-state index is -0.307. The third-order valence-electron chi connectivity index (χ3n) is 6.62. The monoisotopic (exact) mass is 464 g/mol. The highest BCUT2D eigenvalue weighted by atomic mass is 32.2. The van der Waals surface area contributed by atoms with Crippen LogP contribution in [0.4, 0.5) is 15.8 Å². The number of aryl methyl sites for hydroxylation is 2.